The van der Waals surface area contributed by atoms with Crippen molar-refractivity contribution in [1.82, 2.24) is 0 Å². The molecule has 32 heavy (non-hydrogen) atoms. The molecule has 0 fully saturated rings. The largest absolute Gasteiger partial charge is 0.478 e. The van der Waals surface area contributed by atoms with Crippen LogP contribution in [0.3, 0.4) is 0 Å². The zero-order valence-electron chi connectivity index (χ0n) is 17.8. The molecular weight excluding hydrogens is 400 g/mol. The van der Waals surface area contributed by atoms with Gasteiger partial charge in [0.1, 0.15) is 0 Å². The lowest BCUT2D eigenvalue weighted by Gasteiger charge is -2.12. The van der Waals surface area contributed by atoms with E-state index in [4.69, 9.17) is 10.2 Å². The van der Waals surface area contributed by atoms with Crippen LogP contribution in [0.25, 0.3) is 33.4 Å². The molecule has 0 atom stereocenters. The third-order valence-corrected chi connectivity index (χ3v) is 5.67. The van der Waals surface area contributed by atoms with E-state index >= 15 is 0 Å². The summed E-state index contributed by atoms with van der Waals surface area (Å²) in [5.74, 6) is -1.86. The third kappa shape index (κ3) is 4.16. The number of aromatic carboxylic acids is 2. The molecule has 0 saturated carbocycles. The summed E-state index contributed by atoms with van der Waals surface area (Å²) in [5.41, 5.74) is 9.06. The zero-order chi connectivity index (χ0) is 22.8. The Labute approximate surface area is 186 Å². The molecule has 158 valence electrons. The van der Waals surface area contributed by atoms with Crippen LogP contribution >= 0.6 is 0 Å². The van der Waals surface area contributed by atoms with Crippen LogP contribution in [-0.2, 0) is 0 Å². The van der Waals surface area contributed by atoms with Gasteiger partial charge in [0, 0.05) is 0 Å². The molecule has 0 aromatic heterocycles. The number of benzene rings is 4. The van der Waals surface area contributed by atoms with Crippen molar-refractivity contribution in [3.63, 3.8) is 0 Å². The SMILES string of the molecule is Cc1cc(-c2ccc(-c3ccc(C(=O)O)cc3)c(C)c2)ccc1-c1ccc(C(=O)O)cc1. The van der Waals surface area contributed by atoms with E-state index in [0.717, 1.165) is 44.5 Å². The summed E-state index contributed by atoms with van der Waals surface area (Å²) in [4.78, 5) is 22.2. The molecule has 0 heterocycles. The molecule has 0 saturated heterocycles. The van der Waals surface area contributed by atoms with Gasteiger partial charge in [0.25, 0.3) is 0 Å². The highest BCUT2D eigenvalue weighted by Gasteiger charge is 2.10. The smallest absolute Gasteiger partial charge is 0.335 e. The molecule has 4 aromatic carbocycles. The Bertz CT molecular complexity index is 1210. The maximum atomic E-state index is 11.1. The fourth-order valence-corrected chi connectivity index (χ4v) is 3.92. The first-order valence-corrected chi connectivity index (χ1v) is 10.2. The number of carbonyl (C=O) groups is 2. The Kier molecular flexibility index (Phi) is 5.61. The lowest BCUT2D eigenvalue weighted by Crippen LogP contribution is -1.95. The van der Waals surface area contributed by atoms with Crippen LogP contribution in [0, 0.1) is 13.8 Å². The van der Waals surface area contributed by atoms with Gasteiger partial charge in [-0.3, -0.25) is 0 Å². The van der Waals surface area contributed by atoms with E-state index in [-0.39, 0.29) is 11.1 Å². The summed E-state index contributed by atoms with van der Waals surface area (Å²) in [6.45, 7) is 4.10. The van der Waals surface area contributed by atoms with Gasteiger partial charge in [0.15, 0.2) is 0 Å². The predicted molar refractivity (Wildman–Crippen MR) is 126 cm³/mol. The molecular formula is C28H22O4. The molecule has 4 aromatic rings. The summed E-state index contributed by atoms with van der Waals surface area (Å²) in [6, 6.07) is 26.4. The van der Waals surface area contributed by atoms with Crippen molar-refractivity contribution in [2.24, 2.45) is 0 Å². The van der Waals surface area contributed by atoms with E-state index in [1.807, 2.05) is 24.3 Å². The fraction of sp³-hybridized carbons (Fsp3) is 0.0714. The molecule has 0 aliphatic heterocycles. The second kappa shape index (κ2) is 8.52. The molecule has 0 unspecified atom stereocenters. The van der Waals surface area contributed by atoms with Gasteiger partial charge in [-0.15, -0.1) is 0 Å². The van der Waals surface area contributed by atoms with Crippen LogP contribution in [0.5, 0.6) is 0 Å². The normalized spacial score (nSPS) is 10.7. The Morgan fingerprint density at radius 1 is 0.500 bits per heavy atom. The van der Waals surface area contributed by atoms with Gasteiger partial charge in [-0.1, -0.05) is 60.7 Å². The van der Waals surface area contributed by atoms with Crippen molar-refractivity contribution in [3.05, 3.63) is 107 Å². The summed E-state index contributed by atoms with van der Waals surface area (Å²) in [7, 11) is 0. The molecule has 0 spiro atoms. The Morgan fingerprint density at radius 2 is 0.812 bits per heavy atom. The number of rotatable bonds is 5. The molecule has 0 aliphatic carbocycles. The minimum Gasteiger partial charge on any atom is -0.478 e. The van der Waals surface area contributed by atoms with E-state index in [1.165, 1.54) is 0 Å². The van der Waals surface area contributed by atoms with Gasteiger partial charge in [0.05, 0.1) is 11.1 Å². The molecule has 2 N–H and O–H groups in total. The first-order valence-electron chi connectivity index (χ1n) is 10.2. The minimum absolute atomic E-state index is 0.274. The van der Waals surface area contributed by atoms with Crippen molar-refractivity contribution in [1.29, 1.82) is 0 Å². The van der Waals surface area contributed by atoms with E-state index < -0.39 is 11.9 Å². The van der Waals surface area contributed by atoms with E-state index in [1.54, 1.807) is 24.3 Å². The summed E-state index contributed by atoms with van der Waals surface area (Å²) >= 11 is 0. The summed E-state index contributed by atoms with van der Waals surface area (Å²) < 4.78 is 0. The van der Waals surface area contributed by atoms with Crippen molar-refractivity contribution < 1.29 is 19.8 Å². The highest BCUT2D eigenvalue weighted by atomic mass is 16.4. The minimum atomic E-state index is -0.930. The molecule has 0 aliphatic rings. The number of aryl methyl sites for hydroxylation is 2. The van der Waals surface area contributed by atoms with Gasteiger partial charge in [-0.2, -0.15) is 0 Å². The fourth-order valence-electron chi connectivity index (χ4n) is 3.92. The van der Waals surface area contributed by atoms with Crippen LogP contribution < -0.4 is 0 Å². The van der Waals surface area contributed by atoms with Crippen LogP contribution in [0.2, 0.25) is 0 Å². The average Bonchev–Trinajstić information content (AvgIpc) is 2.79. The van der Waals surface area contributed by atoms with Gasteiger partial charge in [0.2, 0.25) is 0 Å². The maximum absolute atomic E-state index is 11.1. The van der Waals surface area contributed by atoms with Crippen LogP contribution in [0.1, 0.15) is 31.8 Å². The Morgan fingerprint density at radius 3 is 1.09 bits per heavy atom. The monoisotopic (exact) mass is 422 g/mol. The second-order valence-corrected chi connectivity index (χ2v) is 7.82. The quantitative estimate of drug-likeness (QED) is 0.375. The lowest BCUT2D eigenvalue weighted by molar-refractivity contribution is 0.0686. The van der Waals surface area contributed by atoms with Gasteiger partial charge in [-0.05, 0) is 82.6 Å². The van der Waals surface area contributed by atoms with Crippen molar-refractivity contribution >= 4 is 11.9 Å². The molecule has 4 rings (SSSR count). The van der Waals surface area contributed by atoms with Crippen LogP contribution in [-0.4, -0.2) is 22.2 Å². The molecule has 4 nitrogen and oxygen atoms in total. The first-order chi connectivity index (χ1) is 15.3. The Hall–Kier alpha value is -4.18. The Balaban J connectivity index is 1.62. The first kappa shape index (κ1) is 21.1. The maximum Gasteiger partial charge on any atom is 0.335 e. The van der Waals surface area contributed by atoms with E-state index in [0.29, 0.717) is 0 Å². The third-order valence-electron chi connectivity index (χ3n) is 5.67. The molecule has 0 radical (unpaired) electrons. The highest BCUT2D eigenvalue weighted by Crippen LogP contribution is 2.32. The van der Waals surface area contributed by atoms with E-state index in [9.17, 15) is 9.59 Å². The zero-order valence-corrected chi connectivity index (χ0v) is 17.8. The summed E-state index contributed by atoms with van der Waals surface area (Å²) in [6.07, 6.45) is 0. The van der Waals surface area contributed by atoms with Crippen LogP contribution in [0.15, 0.2) is 84.9 Å². The lowest BCUT2D eigenvalue weighted by atomic mass is 9.92. The number of hydrogen-bond donors (Lipinski definition) is 2. The summed E-state index contributed by atoms with van der Waals surface area (Å²) in [5, 5.41) is 18.2. The van der Waals surface area contributed by atoms with Gasteiger partial charge >= 0.3 is 11.9 Å². The number of carboxylic acid groups (broad SMARTS) is 2. The predicted octanol–water partition coefficient (Wildman–Crippen LogP) is 6.70. The van der Waals surface area contributed by atoms with Gasteiger partial charge in [-0.25, -0.2) is 9.59 Å². The van der Waals surface area contributed by atoms with Crippen molar-refractivity contribution in [2.75, 3.05) is 0 Å². The van der Waals surface area contributed by atoms with E-state index in [2.05, 4.69) is 50.2 Å². The number of hydrogen-bond acceptors (Lipinski definition) is 2. The van der Waals surface area contributed by atoms with Crippen LogP contribution in [0.4, 0.5) is 0 Å². The molecule has 0 bridgehead atoms. The topological polar surface area (TPSA) is 74.6 Å². The van der Waals surface area contributed by atoms with Gasteiger partial charge < -0.3 is 10.2 Å². The standard InChI is InChI=1S/C28H22O4/c1-17-15-23(11-13-25(17)19-3-7-21(8-4-19)27(29)30)24-12-14-26(18(2)16-24)20-5-9-22(10-6-20)28(31)32/h3-16H,1-2H3,(H,29,30)(H,31,32). The molecule has 0 amide bonds. The van der Waals surface area contributed by atoms with Crippen molar-refractivity contribution in [3.8, 4) is 33.4 Å². The average molecular weight is 422 g/mol. The second-order valence-electron chi connectivity index (χ2n) is 7.82. The highest BCUT2D eigenvalue weighted by molar-refractivity contribution is 5.89. The molecule has 4 heteroatoms. The number of carboxylic acids is 2. The van der Waals surface area contributed by atoms with Crippen molar-refractivity contribution in [2.45, 2.75) is 13.8 Å².